The topological polar surface area (TPSA) is 41.6 Å². The lowest BCUT2D eigenvalue weighted by molar-refractivity contribution is -0.105. The zero-order valence-electron chi connectivity index (χ0n) is 10.1. The molecule has 92 valence electrons. The summed E-state index contributed by atoms with van der Waals surface area (Å²) in [7, 11) is 0. The van der Waals surface area contributed by atoms with Crippen molar-refractivity contribution in [3.8, 4) is 0 Å². The average molecular weight is 234 g/mol. The van der Waals surface area contributed by atoms with Crippen LogP contribution >= 0.6 is 0 Å². The molecule has 0 saturated carbocycles. The maximum absolute atomic E-state index is 11.8. The molecule has 1 aliphatic rings. The van der Waals surface area contributed by atoms with E-state index in [1.165, 1.54) is 0 Å². The van der Waals surface area contributed by atoms with Crippen molar-refractivity contribution in [3.63, 3.8) is 0 Å². The number of carbonyl (C=O) groups is 1. The highest BCUT2D eigenvalue weighted by molar-refractivity contribution is 5.89. The Kier molecular flexibility index (Phi) is 4.12. The summed E-state index contributed by atoms with van der Waals surface area (Å²) < 4.78 is 0. The van der Waals surface area contributed by atoms with E-state index in [-0.39, 0.29) is 5.97 Å². The van der Waals surface area contributed by atoms with Crippen molar-refractivity contribution in [2.24, 2.45) is 0 Å². The SMILES string of the molecule is C[C@@H]1CCN(OC(=O)c2ccccc2)CCN1. The predicted molar refractivity (Wildman–Crippen MR) is 65.5 cm³/mol. The third kappa shape index (κ3) is 3.54. The molecule has 1 N–H and O–H groups in total. The third-order valence-electron chi connectivity index (χ3n) is 2.89. The highest BCUT2D eigenvalue weighted by Gasteiger charge is 2.17. The van der Waals surface area contributed by atoms with Gasteiger partial charge >= 0.3 is 5.97 Å². The normalized spacial score (nSPS) is 21.8. The first kappa shape index (κ1) is 12.1. The van der Waals surface area contributed by atoms with E-state index >= 15 is 0 Å². The number of nitrogens with zero attached hydrogens (tertiary/aromatic N) is 1. The van der Waals surface area contributed by atoms with E-state index in [0.717, 1.165) is 26.1 Å². The molecule has 0 spiro atoms. The fourth-order valence-corrected chi connectivity index (χ4v) is 1.82. The molecule has 1 saturated heterocycles. The van der Waals surface area contributed by atoms with Gasteiger partial charge in [0.15, 0.2) is 0 Å². The van der Waals surface area contributed by atoms with Crippen molar-refractivity contribution in [2.75, 3.05) is 19.6 Å². The van der Waals surface area contributed by atoms with Crippen LogP contribution in [0.25, 0.3) is 0 Å². The van der Waals surface area contributed by atoms with Crippen LogP contribution in [-0.2, 0) is 4.84 Å². The minimum atomic E-state index is -0.278. The molecule has 1 aromatic carbocycles. The smallest absolute Gasteiger partial charge is 0.357 e. The monoisotopic (exact) mass is 234 g/mol. The Morgan fingerprint density at radius 3 is 2.88 bits per heavy atom. The Hall–Kier alpha value is -1.39. The van der Waals surface area contributed by atoms with Gasteiger partial charge in [0.1, 0.15) is 0 Å². The molecule has 4 heteroatoms. The van der Waals surface area contributed by atoms with Gasteiger partial charge in [-0.25, -0.2) is 4.79 Å². The second-order valence-electron chi connectivity index (χ2n) is 4.32. The lowest BCUT2D eigenvalue weighted by Gasteiger charge is -2.18. The highest BCUT2D eigenvalue weighted by Crippen LogP contribution is 2.06. The van der Waals surface area contributed by atoms with E-state index in [2.05, 4.69) is 12.2 Å². The van der Waals surface area contributed by atoms with Crippen LogP contribution in [-0.4, -0.2) is 36.7 Å². The van der Waals surface area contributed by atoms with E-state index in [1.807, 2.05) is 18.2 Å². The van der Waals surface area contributed by atoms with Crippen LogP contribution in [0.2, 0.25) is 0 Å². The predicted octanol–water partition coefficient (Wildman–Crippen LogP) is 1.44. The molecule has 1 aromatic rings. The minimum Gasteiger partial charge on any atom is -0.364 e. The van der Waals surface area contributed by atoms with Gasteiger partial charge in [0.25, 0.3) is 0 Å². The average Bonchev–Trinajstić information content (AvgIpc) is 2.56. The van der Waals surface area contributed by atoms with Gasteiger partial charge in [0, 0.05) is 25.7 Å². The van der Waals surface area contributed by atoms with Crippen LogP contribution < -0.4 is 5.32 Å². The molecule has 1 heterocycles. The van der Waals surface area contributed by atoms with Gasteiger partial charge in [-0.3, -0.25) is 0 Å². The molecule has 2 rings (SSSR count). The molecular weight excluding hydrogens is 216 g/mol. The van der Waals surface area contributed by atoms with Crippen molar-refractivity contribution in [3.05, 3.63) is 35.9 Å². The number of carbonyl (C=O) groups excluding carboxylic acids is 1. The van der Waals surface area contributed by atoms with E-state index in [1.54, 1.807) is 17.2 Å². The van der Waals surface area contributed by atoms with Crippen molar-refractivity contribution < 1.29 is 9.63 Å². The van der Waals surface area contributed by atoms with Gasteiger partial charge in [-0.2, -0.15) is 0 Å². The largest absolute Gasteiger partial charge is 0.364 e. The van der Waals surface area contributed by atoms with Crippen molar-refractivity contribution in [2.45, 2.75) is 19.4 Å². The van der Waals surface area contributed by atoms with Gasteiger partial charge in [0.2, 0.25) is 0 Å². The zero-order chi connectivity index (χ0) is 12.1. The quantitative estimate of drug-likeness (QED) is 0.840. The Bertz CT molecular complexity index is 367. The number of hydroxylamine groups is 2. The van der Waals surface area contributed by atoms with Gasteiger partial charge in [-0.15, -0.1) is 5.06 Å². The first-order valence-corrected chi connectivity index (χ1v) is 6.01. The Labute approximate surface area is 102 Å². The summed E-state index contributed by atoms with van der Waals surface area (Å²) in [6.45, 7) is 4.52. The first-order chi connectivity index (χ1) is 8.25. The van der Waals surface area contributed by atoms with Crippen LogP contribution in [0.5, 0.6) is 0 Å². The minimum absolute atomic E-state index is 0.278. The number of benzene rings is 1. The van der Waals surface area contributed by atoms with Crippen molar-refractivity contribution in [1.82, 2.24) is 10.4 Å². The number of hydrogen-bond acceptors (Lipinski definition) is 4. The summed E-state index contributed by atoms with van der Waals surface area (Å²) in [5.41, 5.74) is 0.595. The van der Waals surface area contributed by atoms with Crippen molar-refractivity contribution in [1.29, 1.82) is 0 Å². The molecular formula is C13H18N2O2. The van der Waals surface area contributed by atoms with Gasteiger partial charge < -0.3 is 10.2 Å². The maximum atomic E-state index is 11.8. The molecule has 0 radical (unpaired) electrons. The van der Waals surface area contributed by atoms with Gasteiger partial charge in [-0.1, -0.05) is 18.2 Å². The zero-order valence-corrected chi connectivity index (χ0v) is 10.1. The summed E-state index contributed by atoms with van der Waals surface area (Å²) >= 11 is 0. The van der Waals surface area contributed by atoms with Crippen LogP contribution in [0.4, 0.5) is 0 Å². The second-order valence-corrected chi connectivity index (χ2v) is 4.32. The van der Waals surface area contributed by atoms with Crippen LogP contribution in [0.3, 0.4) is 0 Å². The van der Waals surface area contributed by atoms with E-state index < -0.39 is 0 Å². The van der Waals surface area contributed by atoms with Crippen LogP contribution in [0, 0.1) is 0 Å². The molecule has 1 fully saturated rings. The Balaban J connectivity index is 1.90. The fraction of sp³-hybridized carbons (Fsp3) is 0.462. The fourth-order valence-electron chi connectivity index (χ4n) is 1.82. The van der Waals surface area contributed by atoms with Crippen LogP contribution in [0.1, 0.15) is 23.7 Å². The Morgan fingerprint density at radius 2 is 2.12 bits per heavy atom. The molecule has 4 nitrogen and oxygen atoms in total. The Morgan fingerprint density at radius 1 is 1.35 bits per heavy atom. The summed E-state index contributed by atoms with van der Waals surface area (Å²) in [5, 5.41) is 5.10. The molecule has 0 unspecified atom stereocenters. The molecule has 0 aromatic heterocycles. The highest BCUT2D eigenvalue weighted by atomic mass is 16.7. The molecule has 17 heavy (non-hydrogen) atoms. The standard InChI is InChI=1S/C13H18N2O2/c1-11-7-9-15(10-8-14-11)17-13(16)12-5-3-2-4-6-12/h2-6,11,14H,7-10H2,1H3/t11-/m1/s1. The third-order valence-corrected chi connectivity index (χ3v) is 2.89. The maximum Gasteiger partial charge on any atom is 0.357 e. The number of hydrogen-bond donors (Lipinski definition) is 1. The molecule has 0 aliphatic carbocycles. The lowest BCUT2D eigenvalue weighted by Crippen LogP contribution is -2.31. The molecule has 1 atom stereocenters. The summed E-state index contributed by atoms with van der Waals surface area (Å²) in [6, 6.07) is 9.57. The van der Waals surface area contributed by atoms with E-state index in [0.29, 0.717) is 11.6 Å². The van der Waals surface area contributed by atoms with E-state index in [9.17, 15) is 4.79 Å². The summed E-state index contributed by atoms with van der Waals surface area (Å²) in [5.74, 6) is -0.278. The summed E-state index contributed by atoms with van der Waals surface area (Å²) in [6.07, 6.45) is 0.988. The van der Waals surface area contributed by atoms with Crippen LogP contribution in [0.15, 0.2) is 30.3 Å². The van der Waals surface area contributed by atoms with E-state index in [4.69, 9.17) is 4.84 Å². The second kappa shape index (κ2) is 5.80. The lowest BCUT2D eigenvalue weighted by atomic mass is 10.2. The van der Waals surface area contributed by atoms with Gasteiger partial charge in [0.05, 0.1) is 5.56 Å². The van der Waals surface area contributed by atoms with Crippen molar-refractivity contribution >= 4 is 5.97 Å². The number of rotatable bonds is 2. The first-order valence-electron chi connectivity index (χ1n) is 6.01. The molecule has 0 amide bonds. The number of nitrogens with one attached hydrogen (secondary N) is 1. The summed E-state index contributed by atoms with van der Waals surface area (Å²) in [4.78, 5) is 17.2. The van der Waals surface area contributed by atoms with Gasteiger partial charge in [-0.05, 0) is 25.5 Å². The molecule has 0 bridgehead atoms. The molecule has 1 aliphatic heterocycles.